The SMILES string of the molecule is CC(=O)[O-].CC(=O)[O-].[Zn+2].c1ccc2ccccc2c1.c1ccc2ccccc2c1. The molecule has 29 heavy (non-hydrogen) atoms. The molecule has 0 fully saturated rings. The van der Waals surface area contributed by atoms with Gasteiger partial charge in [-0.25, -0.2) is 0 Å². The van der Waals surface area contributed by atoms with E-state index in [1.807, 2.05) is 0 Å². The van der Waals surface area contributed by atoms with Crippen LogP contribution in [0, 0.1) is 0 Å². The Kier molecular flexibility index (Phi) is 13.4. The van der Waals surface area contributed by atoms with Crippen molar-refractivity contribution >= 4 is 33.5 Å². The van der Waals surface area contributed by atoms with Crippen LogP contribution >= 0.6 is 0 Å². The van der Waals surface area contributed by atoms with E-state index in [1.54, 1.807) is 0 Å². The Morgan fingerprint density at radius 2 is 0.586 bits per heavy atom. The number of hydrogen-bond donors (Lipinski definition) is 0. The van der Waals surface area contributed by atoms with Crippen LogP contribution in [-0.4, -0.2) is 11.9 Å². The summed E-state index contributed by atoms with van der Waals surface area (Å²) in [7, 11) is 0. The number of carbonyl (C=O) groups is 2. The molecule has 0 amide bonds. The molecule has 0 spiro atoms. The molecule has 4 nitrogen and oxygen atoms in total. The van der Waals surface area contributed by atoms with Crippen molar-refractivity contribution in [3.63, 3.8) is 0 Å². The fraction of sp³-hybridized carbons (Fsp3) is 0.0833. The van der Waals surface area contributed by atoms with Gasteiger partial charge in [-0.05, 0) is 35.4 Å². The summed E-state index contributed by atoms with van der Waals surface area (Å²) < 4.78 is 0. The van der Waals surface area contributed by atoms with Crippen molar-refractivity contribution in [3.05, 3.63) is 97.1 Å². The standard InChI is InChI=1S/2C10H8.2C2H4O2.Zn/c2*1-2-6-10-8-4-3-7-9(10)5-1;2*1-2(3)4;/h2*1-8H;2*1H3,(H,3,4);/q;;;;+2/p-2. The average Bonchev–Trinajstić information content (AvgIpc) is 2.68. The molecule has 0 aromatic heterocycles. The van der Waals surface area contributed by atoms with Gasteiger partial charge in [0.1, 0.15) is 0 Å². The summed E-state index contributed by atoms with van der Waals surface area (Å²) in [6.07, 6.45) is 0. The van der Waals surface area contributed by atoms with Gasteiger partial charge in [0.05, 0.1) is 0 Å². The molecular weight excluding hydrogens is 418 g/mol. The maximum atomic E-state index is 8.89. The van der Waals surface area contributed by atoms with Crippen LogP contribution in [0.25, 0.3) is 21.5 Å². The van der Waals surface area contributed by atoms with Gasteiger partial charge in [-0.3, -0.25) is 0 Å². The molecule has 0 bridgehead atoms. The van der Waals surface area contributed by atoms with Gasteiger partial charge < -0.3 is 19.8 Å². The first-order valence-electron chi connectivity index (χ1n) is 8.63. The van der Waals surface area contributed by atoms with Gasteiger partial charge in [0.2, 0.25) is 0 Å². The van der Waals surface area contributed by atoms with Crippen LogP contribution < -0.4 is 10.2 Å². The number of fused-ring (bicyclic) bond motifs is 2. The second kappa shape index (κ2) is 15.0. The van der Waals surface area contributed by atoms with E-state index < -0.39 is 11.9 Å². The minimum atomic E-state index is -1.08. The fourth-order valence-corrected chi connectivity index (χ4v) is 2.27. The summed E-state index contributed by atoms with van der Waals surface area (Å²) in [5.41, 5.74) is 0. The molecular formula is C24H22O4Zn. The summed E-state index contributed by atoms with van der Waals surface area (Å²) in [5.74, 6) is -2.17. The number of carboxylic acids is 2. The molecule has 4 aromatic rings. The van der Waals surface area contributed by atoms with E-state index in [2.05, 4.69) is 97.1 Å². The van der Waals surface area contributed by atoms with Crippen molar-refractivity contribution in [2.75, 3.05) is 0 Å². The summed E-state index contributed by atoms with van der Waals surface area (Å²) in [5, 5.41) is 23.0. The predicted molar refractivity (Wildman–Crippen MR) is 109 cm³/mol. The second-order valence-corrected chi connectivity index (χ2v) is 5.68. The molecule has 4 aromatic carbocycles. The van der Waals surface area contributed by atoms with Crippen molar-refractivity contribution in [2.45, 2.75) is 13.8 Å². The monoisotopic (exact) mass is 438 g/mol. The number of rotatable bonds is 0. The molecule has 0 N–H and O–H groups in total. The van der Waals surface area contributed by atoms with E-state index in [0.717, 1.165) is 13.8 Å². The van der Waals surface area contributed by atoms with Gasteiger partial charge in [0.25, 0.3) is 0 Å². The Bertz CT molecular complexity index is 793. The maximum absolute atomic E-state index is 8.89. The zero-order valence-corrected chi connectivity index (χ0v) is 19.5. The molecule has 0 saturated carbocycles. The molecule has 0 aliphatic carbocycles. The van der Waals surface area contributed by atoms with E-state index in [-0.39, 0.29) is 19.5 Å². The van der Waals surface area contributed by atoms with E-state index in [0.29, 0.717) is 0 Å². The summed E-state index contributed by atoms with van der Waals surface area (Å²) in [6, 6.07) is 33.4. The van der Waals surface area contributed by atoms with Gasteiger partial charge in [-0.2, -0.15) is 0 Å². The number of aliphatic carboxylic acids is 2. The normalized spacial score (nSPS) is 8.62. The van der Waals surface area contributed by atoms with Gasteiger partial charge in [-0.1, -0.05) is 97.1 Å². The molecule has 0 radical (unpaired) electrons. The third kappa shape index (κ3) is 12.1. The topological polar surface area (TPSA) is 80.3 Å². The first kappa shape index (κ1) is 26.0. The average molecular weight is 440 g/mol. The Balaban J connectivity index is 0.000000391. The van der Waals surface area contributed by atoms with Crippen molar-refractivity contribution in [3.8, 4) is 0 Å². The third-order valence-corrected chi connectivity index (χ3v) is 3.32. The largest absolute Gasteiger partial charge is 2.00 e. The van der Waals surface area contributed by atoms with Crippen LogP contribution in [0.15, 0.2) is 97.1 Å². The van der Waals surface area contributed by atoms with Crippen LogP contribution in [0.1, 0.15) is 13.8 Å². The molecule has 0 unspecified atom stereocenters. The molecule has 5 heteroatoms. The minimum absolute atomic E-state index is 0. The van der Waals surface area contributed by atoms with Crippen molar-refractivity contribution in [1.29, 1.82) is 0 Å². The molecule has 0 heterocycles. The Morgan fingerprint density at radius 1 is 0.483 bits per heavy atom. The van der Waals surface area contributed by atoms with E-state index in [4.69, 9.17) is 19.8 Å². The van der Waals surface area contributed by atoms with Crippen LogP contribution in [0.5, 0.6) is 0 Å². The van der Waals surface area contributed by atoms with E-state index in [9.17, 15) is 0 Å². The van der Waals surface area contributed by atoms with Crippen LogP contribution in [0.2, 0.25) is 0 Å². The minimum Gasteiger partial charge on any atom is -0.550 e. The first-order valence-corrected chi connectivity index (χ1v) is 8.63. The number of carbonyl (C=O) groups excluding carboxylic acids is 2. The van der Waals surface area contributed by atoms with Crippen LogP contribution in [0.3, 0.4) is 0 Å². The Morgan fingerprint density at radius 3 is 0.690 bits per heavy atom. The van der Waals surface area contributed by atoms with Gasteiger partial charge in [0, 0.05) is 11.9 Å². The zero-order chi connectivity index (χ0) is 20.8. The van der Waals surface area contributed by atoms with Crippen molar-refractivity contribution in [1.82, 2.24) is 0 Å². The van der Waals surface area contributed by atoms with Gasteiger partial charge in [-0.15, -0.1) is 0 Å². The number of carboxylic acid groups (broad SMARTS) is 2. The van der Waals surface area contributed by atoms with Crippen molar-refractivity contribution < 1.29 is 39.3 Å². The number of hydrogen-bond acceptors (Lipinski definition) is 4. The Labute approximate surface area is 183 Å². The molecule has 0 saturated heterocycles. The summed E-state index contributed by atoms with van der Waals surface area (Å²) >= 11 is 0. The first-order chi connectivity index (χ1) is 13.4. The summed E-state index contributed by atoms with van der Waals surface area (Å²) in [4.78, 5) is 17.8. The third-order valence-electron chi connectivity index (χ3n) is 3.32. The molecule has 0 atom stereocenters. The quantitative estimate of drug-likeness (QED) is 0.394. The van der Waals surface area contributed by atoms with Gasteiger partial charge in [0.15, 0.2) is 0 Å². The van der Waals surface area contributed by atoms with E-state index in [1.165, 1.54) is 21.5 Å². The van der Waals surface area contributed by atoms with Crippen LogP contribution in [-0.2, 0) is 29.1 Å². The fourth-order valence-electron chi connectivity index (χ4n) is 2.27. The van der Waals surface area contributed by atoms with Crippen molar-refractivity contribution in [2.24, 2.45) is 0 Å². The number of benzene rings is 4. The van der Waals surface area contributed by atoms with Crippen LogP contribution in [0.4, 0.5) is 0 Å². The molecule has 144 valence electrons. The smallest absolute Gasteiger partial charge is 0.550 e. The zero-order valence-electron chi connectivity index (χ0n) is 16.6. The van der Waals surface area contributed by atoms with E-state index >= 15 is 0 Å². The predicted octanol–water partition coefficient (Wildman–Crippen LogP) is 3.19. The molecule has 0 aliphatic rings. The maximum Gasteiger partial charge on any atom is 2.00 e. The molecule has 4 rings (SSSR count). The Hall–Kier alpha value is -3.04. The second-order valence-electron chi connectivity index (χ2n) is 5.68. The summed E-state index contributed by atoms with van der Waals surface area (Å²) in [6.45, 7) is 1.94. The molecule has 0 aliphatic heterocycles. The van der Waals surface area contributed by atoms with Gasteiger partial charge >= 0.3 is 19.5 Å².